The maximum absolute atomic E-state index is 12.5. The fourth-order valence-corrected chi connectivity index (χ4v) is 3.93. The third-order valence-electron chi connectivity index (χ3n) is 5.05. The fourth-order valence-electron chi connectivity index (χ4n) is 3.60. The summed E-state index contributed by atoms with van der Waals surface area (Å²) in [5.41, 5.74) is 3.91. The van der Waals surface area contributed by atoms with Crippen molar-refractivity contribution in [3.8, 4) is 0 Å². The molecule has 0 saturated carbocycles. The summed E-state index contributed by atoms with van der Waals surface area (Å²) in [6.07, 6.45) is 4.01. The lowest BCUT2D eigenvalue weighted by Crippen LogP contribution is -2.32. The number of aromatic nitrogens is 2. The molecule has 1 aliphatic heterocycles. The van der Waals surface area contributed by atoms with E-state index in [4.69, 9.17) is 12.2 Å². The third kappa shape index (κ3) is 4.30. The van der Waals surface area contributed by atoms with Gasteiger partial charge in [-0.25, -0.2) is 0 Å². The Bertz CT molecular complexity index is 972. The summed E-state index contributed by atoms with van der Waals surface area (Å²) in [7, 11) is 0. The number of benzene rings is 1. The van der Waals surface area contributed by atoms with Crippen LogP contribution in [0.15, 0.2) is 67.0 Å². The molecule has 3 aromatic rings. The average Bonchev–Trinajstić information content (AvgIpc) is 3.36. The predicted octanol–water partition coefficient (Wildman–Crippen LogP) is 3.72. The van der Waals surface area contributed by atoms with Crippen LogP contribution in [0, 0.1) is 6.92 Å². The summed E-state index contributed by atoms with van der Waals surface area (Å²) in [6, 6.07) is 17.5. The number of amides is 1. The maximum Gasteiger partial charge on any atom is 0.226 e. The second-order valence-electron chi connectivity index (χ2n) is 7.11. The lowest BCUT2D eigenvalue weighted by molar-refractivity contribution is -0.116. The van der Waals surface area contributed by atoms with E-state index < -0.39 is 0 Å². The molecule has 0 aliphatic carbocycles. The number of aryl methyl sites for hydroxylation is 1. The van der Waals surface area contributed by atoms with Gasteiger partial charge < -0.3 is 20.5 Å². The first-order chi connectivity index (χ1) is 14.1. The number of carbonyl (C=O) groups excluding carboxylic acids is 1. The molecule has 1 amide bonds. The summed E-state index contributed by atoms with van der Waals surface area (Å²) in [4.78, 5) is 22.3. The fraction of sp³-hybridized carbons (Fsp3) is 0.227. The van der Waals surface area contributed by atoms with Crippen LogP contribution in [0.1, 0.15) is 35.5 Å². The van der Waals surface area contributed by atoms with Gasteiger partial charge in [0.05, 0.1) is 17.8 Å². The molecule has 1 saturated heterocycles. The van der Waals surface area contributed by atoms with Crippen molar-refractivity contribution in [3.63, 3.8) is 0 Å². The van der Waals surface area contributed by atoms with Gasteiger partial charge in [0.1, 0.15) is 0 Å². The summed E-state index contributed by atoms with van der Waals surface area (Å²) in [5, 5.41) is 6.96. The van der Waals surface area contributed by atoms with Crippen molar-refractivity contribution in [1.29, 1.82) is 0 Å². The number of anilines is 1. The first kappa shape index (κ1) is 19.1. The Balaban J connectivity index is 1.48. The number of H-pyrrole nitrogens is 1. The van der Waals surface area contributed by atoms with Crippen LogP contribution in [0.2, 0.25) is 0 Å². The Labute approximate surface area is 175 Å². The molecule has 4 rings (SSSR count). The number of nitrogens with one attached hydrogen (secondary N) is 3. The van der Waals surface area contributed by atoms with E-state index in [-0.39, 0.29) is 18.0 Å². The van der Waals surface area contributed by atoms with Crippen LogP contribution in [0.25, 0.3) is 0 Å². The predicted molar refractivity (Wildman–Crippen MR) is 117 cm³/mol. The Morgan fingerprint density at radius 1 is 1.17 bits per heavy atom. The minimum absolute atomic E-state index is 0.0387. The number of thiocarbonyl (C=S) groups is 1. The van der Waals surface area contributed by atoms with Gasteiger partial charge in [-0.2, -0.15) is 0 Å². The van der Waals surface area contributed by atoms with E-state index in [0.29, 0.717) is 18.1 Å². The summed E-state index contributed by atoms with van der Waals surface area (Å²) in [6.45, 7) is 2.53. The molecular formula is C22H23N5OS. The highest BCUT2D eigenvalue weighted by molar-refractivity contribution is 7.80. The molecule has 0 radical (unpaired) electrons. The lowest BCUT2D eigenvalue weighted by atomic mass is 10.0. The van der Waals surface area contributed by atoms with Gasteiger partial charge in [0, 0.05) is 36.7 Å². The highest BCUT2D eigenvalue weighted by atomic mass is 32.1. The summed E-state index contributed by atoms with van der Waals surface area (Å²) in [5.74, 6) is -0.0387. The molecule has 29 heavy (non-hydrogen) atoms. The van der Waals surface area contributed by atoms with Crippen LogP contribution in [-0.2, 0) is 4.79 Å². The zero-order valence-electron chi connectivity index (χ0n) is 16.1. The molecule has 0 unspecified atom stereocenters. The number of aromatic amines is 1. The van der Waals surface area contributed by atoms with Crippen LogP contribution in [0.5, 0.6) is 0 Å². The number of hydrogen-bond acceptors (Lipinski definition) is 3. The van der Waals surface area contributed by atoms with Gasteiger partial charge >= 0.3 is 0 Å². The van der Waals surface area contributed by atoms with E-state index in [2.05, 4.69) is 25.5 Å². The van der Waals surface area contributed by atoms with Crippen LogP contribution in [-0.4, -0.2) is 32.4 Å². The molecule has 0 spiro atoms. The van der Waals surface area contributed by atoms with E-state index in [0.717, 1.165) is 22.6 Å². The van der Waals surface area contributed by atoms with Crippen molar-refractivity contribution in [1.82, 2.24) is 20.2 Å². The number of nitrogens with zero attached hydrogens (tertiary/aromatic N) is 2. The topological polar surface area (TPSA) is 73.1 Å². The molecule has 148 valence electrons. The smallest absolute Gasteiger partial charge is 0.226 e. The molecule has 6 nitrogen and oxygen atoms in total. The zero-order chi connectivity index (χ0) is 20.2. The van der Waals surface area contributed by atoms with Gasteiger partial charge in [-0.05, 0) is 55.5 Å². The van der Waals surface area contributed by atoms with Crippen LogP contribution in [0.3, 0.4) is 0 Å². The second-order valence-corrected chi connectivity index (χ2v) is 7.50. The van der Waals surface area contributed by atoms with E-state index in [1.54, 1.807) is 6.20 Å². The largest absolute Gasteiger partial charge is 0.363 e. The molecular weight excluding hydrogens is 382 g/mol. The quantitative estimate of drug-likeness (QED) is 0.545. The zero-order valence-corrected chi connectivity index (χ0v) is 16.9. The number of hydrogen-bond donors (Lipinski definition) is 3. The minimum atomic E-state index is -0.0810. The molecule has 7 heteroatoms. The first-order valence-corrected chi connectivity index (χ1v) is 10.0. The summed E-state index contributed by atoms with van der Waals surface area (Å²) >= 11 is 5.61. The Morgan fingerprint density at radius 3 is 2.69 bits per heavy atom. The molecule has 1 aromatic carbocycles. The molecule has 1 fully saturated rings. The van der Waals surface area contributed by atoms with Gasteiger partial charge in [-0.3, -0.25) is 9.78 Å². The highest BCUT2D eigenvalue weighted by Crippen LogP contribution is 2.37. The van der Waals surface area contributed by atoms with E-state index in [1.807, 2.05) is 67.7 Å². The molecule has 1 aliphatic rings. The monoisotopic (exact) mass is 405 g/mol. The van der Waals surface area contributed by atoms with Gasteiger partial charge in [-0.15, -0.1) is 0 Å². The number of rotatable bonds is 6. The second kappa shape index (κ2) is 8.45. The average molecular weight is 406 g/mol. The number of carbonyl (C=O) groups is 1. The Hall–Kier alpha value is -3.19. The van der Waals surface area contributed by atoms with E-state index >= 15 is 0 Å². The Morgan fingerprint density at radius 2 is 2.00 bits per heavy atom. The van der Waals surface area contributed by atoms with Crippen molar-refractivity contribution in [2.24, 2.45) is 0 Å². The van der Waals surface area contributed by atoms with Crippen molar-refractivity contribution in [2.75, 3.05) is 11.9 Å². The normalized spacial score (nSPS) is 18.5. The molecule has 3 N–H and O–H groups in total. The van der Waals surface area contributed by atoms with Gasteiger partial charge in [-0.1, -0.05) is 23.8 Å². The van der Waals surface area contributed by atoms with Crippen LogP contribution in [0.4, 0.5) is 5.69 Å². The van der Waals surface area contributed by atoms with Gasteiger partial charge in [0.25, 0.3) is 0 Å². The molecule has 2 atom stereocenters. The lowest BCUT2D eigenvalue weighted by Gasteiger charge is -2.26. The third-order valence-corrected chi connectivity index (χ3v) is 5.41. The SMILES string of the molecule is Cc1ccc(NC(=O)CCN2C(=S)N[C@H](c3ccccn3)[C@@H]2c2ccc[nH]2)cc1. The molecule has 3 heterocycles. The first-order valence-electron chi connectivity index (χ1n) is 9.60. The standard InChI is InChI=1S/C22H23N5OS/c1-15-7-9-16(10-8-15)25-19(28)11-14-27-21(18-6-4-13-24-18)20(26-22(27)29)17-5-2-3-12-23-17/h2-10,12-13,20-21,24H,11,14H2,1H3,(H,25,28)(H,26,29)/t20-,21+/m1/s1. The van der Waals surface area contributed by atoms with Crippen molar-refractivity contribution in [2.45, 2.75) is 25.4 Å². The van der Waals surface area contributed by atoms with E-state index in [1.165, 1.54) is 0 Å². The van der Waals surface area contributed by atoms with E-state index in [9.17, 15) is 4.79 Å². The molecule has 2 aromatic heterocycles. The highest BCUT2D eigenvalue weighted by Gasteiger charge is 2.40. The van der Waals surface area contributed by atoms with Gasteiger partial charge in [0.15, 0.2) is 5.11 Å². The van der Waals surface area contributed by atoms with Crippen LogP contribution >= 0.6 is 12.2 Å². The van der Waals surface area contributed by atoms with Crippen molar-refractivity contribution in [3.05, 3.63) is 83.9 Å². The summed E-state index contributed by atoms with van der Waals surface area (Å²) < 4.78 is 0. The maximum atomic E-state index is 12.5. The minimum Gasteiger partial charge on any atom is -0.363 e. The number of pyridine rings is 1. The van der Waals surface area contributed by atoms with Crippen LogP contribution < -0.4 is 10.6 Å². The van der Waals surface area contributed by atoms with Crippen molar-refractivity contribution >= 4 is 28.9 Å². The van der Waals surface area contributed by atoms with Crippen molar-refractivity contribution < 1.29 is 4.79 Å². The molecule has 0 bridgehead atoms. The Kier molecular flexibility index (Phi) is 5.57. The van der Waals surface area contributed by atoms with Gasteiger partial charge in [0.2, 0.25) is 5.91 Å².